The summed E-state index contributed by atoms with van der Waals surface area (Å²) in [7, 11) is 1.73. The zero-order valence-electron chi connectivity index (χ0n) is 16.2. The number of carbonyl (C=O) groups excluding carboxylic acids is 2. The van der Waals surface area contributed by atoms with Crippen LogP contribution in [0.4, 0.5) is 16.2 Å². The molecular weight excluding hydrogens is 411 g/mol. The maximum atomic E-state index is 12.6. The van der Waals surface area contributed by atoms with E-state index >= 15 is 0 Å². The van der Waals surface area contributed by atoms with Gasteiger partial charge in [-0.05, 0) is 55.6 Å². The number of nitrogens with one attached hydrogen (secondary N) is 3. The van der Waals surface area contributed by atoms with E-state index in [-0.39, 0.29) is 18.5 Å². The summed E-state index contributed by atoms with van der Waals surface area (Å²) in [5, 5.41) is 9.32. The van der Waals surface area contributed by atoms with Crippen LogP contribution in [0.15, 0.2) is 42.5 Å². The second-order valence-corrected chi connectivity index (χ2v) is 7.80. The molecule has 3 N–H and O–H groups in total. The van der Waals surface area contributed by atoms with E-state index in [1.165, 1.54) is 5.56 Å². The van der Waals surface area contributed by atoms with Crippen LogP contribution in [0.5, 0.6) is 0 Å². The Labute approximate surface area is 180 Å². The fourth-order valence-electron chi connectivity index (χ4n) is 3.42. The first-order chi connectivity index (χ1) is 14.0. The van der Waals surface area contributed by atoms with Crippen LogP contribution < -0.4 is 16.0 Å². The van der Waals surface area contributed by atoms with E-state index < -0.39 is 0 Å². The maximum absolute atomic E-state index is 12.6. The Morgan fingerprint density at radius 1 is 1.00 bits per heavy atom. The molecule has 8 heteroatoms. The average molecular weight is 435 g/mol. The number of likely N-dealkylation sites (tertiary alicyclic amines) is 1. The van der Waals surface area contributed by atoms with Gasteiger partial charge in [0, 0.05) is 18.8 Å². The molecule has 0 aromatic heterocycles. The quantitative estimate of drug-likeness (QED) is 0.645. The molecule has 3 rings (SSSR count). The molecule has 0 spiro atoms. The summed E-state index contributed by atoms with van der Waals surface area (Å²) in [6.45, 7) is 1.58. The molecule has 29 heavy (non-hydrogen) atoms. The van der Waals surface area contributed by atoms with E-state index in [9.17, 15) is 9.59 Å². The highest BCUT2D eigenvalue weighted by atomic mass is 35.5. The SMILES string of the molecule is CNCC(=O)Nc1ccc(C2CCN(C(=O)Nc3c(Cl)cccc3Cl)CC2)cc1. The topological polar surface area (TPSA) is 73.5 Å². The van der Waals surface area contributed by atoms with Gasteiger partial charge in [0.25, 0.3) is 0 Å². The van der Waals surface area contributed by atoms with Gasteiger partial charge in [-0.1, -0.05) is 41.4 Å². The van der Waals surface area contributed by atoms with E-state index in [2.05, 4.69) is 16.0 Å². The van der Waals surface area contributed by atoms with Crippen molar-refractivity contribution in [3.8, 4) is 0 Å². The van der Waals surface area contributed by atoms with Crippen molar-refractivity contribution in [3.63, 3.8) is 0 Å². The molecule has 2 aromatic rings. The first-order valence-electron chi connectivity index (χ1n) is 9.52. The van der Waals surface area contributed by atoms with Crippen molar-refractivity contribution in [1.82, 2.24) is 10.2 Å². The molecule has 3 amide bonds. The van der Waals surface area contributed by atoms with Gasteiger partial charge in [-0.15, -0.1) is 0 Å². The number of urea groups is 1. The minimum absolute atomic E-state index is 0.0711. The molecule has 6 nitrogen and oxygen atoms in total. The van der Waals surface area contributed by atoms with Gasteiger partial charge in [0.15, 0.2) is 0 Å². The number of halogens is 2. The fraction of sp³-hybridized carbons (Fsp3) is 0.333. The average Bonchev–Trinajstić information content (AvgIpc) is 2.71. The molecule has 1 aliphatic rings. The predicted octanol–water partition coefficient (Wildman–Crippen LogP) is 4.56. The van der Waals surface area contributed by atoms with Crippen molar-refractivity contribution in [2.45, 2.75) is 18.8 Å². The molecule has 2 aromatic carbocycles. The molecule has 0 unspecified atom stereocenters. The molecule has 0 radical (unpaired) electrons. The Balaban J connectivity index is 1.53. The molecular formula is C21H24Cl2N4O2. The number of rotatable bonds is 5. The maximum Gasteiger partial charge on any atom is 0.321 e. The first-order valence-corrected chi connectivity index (χ1v) is 10.3. The Bertz CT molecular complexity index is 845. The van der Waals surface area contributed by atoms with Crippen molar-refractivity contribution >= 4 is 46.5 Å². The van der Waals surface area contributed by atoms with E-state index in [0.29, 0.717) is 34.7 Å². The van der Waals surface area contributed by atoms with Gasteiger partial charge in [0.2, 0.25) is 5.91 Å². The Hall–Kier alpha value is -2.28. The van der Waals surface area contributed by atoms with Crippen LogP contribution in [0.3, 0.4) is 0 Å². The van der Waals surface area contributed by atoms with Crippen molar-refractivity contribution in [1.29, 1.82) is 0 Å². The summed E-state index contributed by atoms with van der Waals surface area (Å²) in [4.78, 5) is 26.0. The number of piperidine rings is 1. The number of nitrogens with zero attached hydrogens (tertiary/aromatic N) is 1. The third kappa shape index (κ3) is 5.63. The van der Waals surface area contributed by atoms with Gasteiger partial charge >= 0.3 is 6.03 Å². The largest absolute Gasteiger partial charge is 0.325 e. The molecule has 154 valence electrons. The van der Waals surface area contributed by atoms with E-state index in [4.69, 9.17) is 23.2 Å². The monoisotopic (exact) mass is 434 g/mol. The van der Waals surface area contributed by atoms with Crippen LogP contribution in [-0.4, -0.2) is 43.5 Å². The number of hydrogen-bond acceptors (Lipinski definition) is 3. The smallest absolute Gasteiger partial charge is 0.321 e. The summed E-state index contributed by atoms with van der Waals surface area (Å²) in [5.74, 6) is 0.309. The molecule has 1 heterocycles. The van der Waals surface area contributed by atoms with Gasteiger partial charge in [-0.2, -0.15) is 0 Å². The number of para-hydroxylation sites is 1. The molecule has 1 aliphatic heterocycles. The summed E-state index contributed by atoms with van der Waals surface area (Å²) in [6.07, 6.45) is 1.74. The van der Waals surface area contributed by atoms with Crippen LogP contribution in [0.25, 0.3) is 0 Å². The van der Waals surface area contributed by atoms with E-state index in [1.807, 2.05) is 24.3 Å². The van der Waals surface area contributed by atoms with Gasteiger partial charge in [0.05, 0.1) is 22.3 Å². The molecule has 1 saturated heterocycles. The Kier molecular flexibility index (Phi) is 7.36. The predicted molar refractivity (Wildman–Crippen MR) is 118 cm³/mol. The zero-order valence-corrected chi connectivity index (χ0v) is 17.7. The fourth-order valence-corrected chi connectivity index (χ4v) is 3.92. The molecule has 0 atom stereocenters. The number of anilines is 2. The molecule has 0 saturated carbocycles. The highest BCUT2D eigenvalue weighted by Gasteiger charge is 2.24. The second-order valence-electron chi connectivity index (χ2n) is 6.99. The van der Waals surface area contributed by atoms with E-state index in [1.54, 1.807) is 30.1 Å². The molecule has 0 bridgehead atoms. The van der Waals surface area contributed by atoms with E-state index in [0.717, 1.165) is 18.5 Å². The van der Waals surface area contributed by atoms with Gasteiger partial charge in [-0.25, -0.2) is 4.79 Å². The van der Waals surface area contributed by atoms with Crippen LogP contribution in [-0.2, 0) is 4.79 Å². The normalized spacial score (nSPS) is 14.5. The summed E-state index contributed by atoms with van der Waals surface area (Å²) < 4.78 is 0. The Morgan fingerprint density at radius 2 is 1.62 bits per heavy atom. The third-order valence-corrected chi connectivity index (χ3v) is 5.61. The highest BCUT2D eigenvalue weighted by molar-refractivity contribution is 6.39. The minimum atomic E-state index is -0.193. The van der Waals surface area contributed by atoms with Crippen molar-refractivity contribution in [3.05, 3.63) is 58.1 Å². The highest BCUT2D eigenvalue weighted by Crippen LogP contribution is 2.32. The lowest BCUT2D eigenvalue weighted by Crippen LogP contribution is -2.40. The van der Waals surface area contributed by atoms with Gasteiger partial charge < -0.3 is 20.9 Å². The lowest BCUT2D eigenvalue weighted by atomic mass is 9.89. The Morgan fingerprint density at radius 3 is 2.21 bits per heavy atom. The van der Waals surface area contributed by atoms with Crippen LogP contribution in [0.2, 0.25) is 10.0 Å². The van der Waals surface area contributed by atoms with Crippen molar-refractivity contribution in [2.24, 2.45) is 0 Å². The summed E-state index contributed by atoms with van der Waals surface area (Å²) in [5.41, 5.74) is 2.44. The zero-order chi connectivity index (χ0) is 20.8. The van der Waals surface area contributed by atoms with Crippen LogP contribution in [0, 0.1) is 0 Å². The van der Waals surface area contributed by atoms with Crippen LogP contribution >= 0.6 is 23.2 Å². The number of likely N-dealkylation sites (N-methyl/N-ethyl adjacent to an activating group) is 1. The summed E-state index contributed by atoms with van der Waals surface area (Å²) in [6, 6.07) is 12.9. The number of amides is 3. The second kappa shape index (κ2) is 9.96. The first kappa shape index (κ1) is 21.4. The van der Waals surface area contributed by atoms with Crippen LogP contribution in [0.1, 0.15) is 24.3 Å². The number of benzene rings is 2. The van der Waals surface area contributed by atoms with Crippen molar-refractivity contribution < 1.29 is 9.59 Å². The van der Waals surface area contributed by atoms with Gasteiger partial charge in [0.1, 0.15) is 0 Å². The standard InChI is InChI=1S/C21H24Cl2N4O2/c1-24-13-19(28)25-16-7-5-14(6-8-16)15-9-11-27(12-10-15)21(29)26-20-17(22)3-2-4-18(20)23/h2-8,15,24H,9-13H2,1H3,(H,25,28)(H,26,29). The lowest BCUT2D eigenvalue weighted by Gasteiger charge is -2.32. The minimum Gasteiger partial charge on any atom is -0.325 e. The lowest BCUT2D eigenvalue weighted by molar-refractivity contribution is -0.115. The molecule has 1 fully saturated rings. The number of carbonyl (C=O) groups is 2. The van der Waals surface area contributed by atoms with Crippen molar-refractivity contribution in [2.75, 3.05) is 37.3 Å². The third-order valence-electron chi connectivity index (χ3n) is 4.98. The van der Waals surface area contributed by atoms with Gasteiger partial charge in [-0.3, -0.25) is 4.79 Å². The summed E-state index contributed by atoms with van der Waals surface area (Å²) >= 11 is 12.3. The number of hydrogen-bond donors (Lipinski definition) is 3. The molecule has 0 aliphatic carbocycles.